The third-order valence-corrected chi connectivity index (χ3v) is 7.48. The Kier molecular flexibility index (Phi) is 31.8. The molecule has 0 aliphatic heterocycles. The van der Waals surface area contributed by atoms with Gasteiger partial charge >= 0.3 is 45.9 Å². The Labute approximate surface area is 257 Å². The first-order valence-corrected chi connectivity index (χ1v) is 16.7. The van der Waals surface area contributed by atoms with Crippen LogP contribution < -0.4 is 0 Å². The quantitative estimate of drug-likeness (QED) is 0.0581. The molecule has 1 N–H and O–H groups in total. The molecule has 0 spiro atoms. The van der Waals surface area contributed by atoms with Crippen molar-refractivity contribution >= 4 is 45.9 Å². The van der Waals surface area contributed by atoms with Crippen LogP contribution in [0, 0.1) is 0 Å². The molecule has 38 heavy (non-hydrogen) atoms. The molecular weight excluding hydrogens is 511 g/mol. The summed E-state index contributed by atoms with van der Waals surface area (Å²) < 4.78 is 32.9. The molecule has 0 aromatic rings. The second-order valence-corrected chi connectivity index (χ2v) is 11.6. The van der Waals surface area contributed by atoms with Gasteiger partial charge in [0.05, 0.1) is 12.7 Å². The zero-order valence-electron chi connectivity index (χ0n) is 24.1. The van der Waals surface area contributed by atoms with E-state index in [0.717, 1.165) is 64.2 Å². The summed E-state index contributed by atoms with van der Waals surface area (Å²) in [5.74, 6) is -0.737. The molecule has 0 amide bonds. The molecule has 1 atom stereocenters. The number of rotatable bonds is 28. The van der Waals surface area contributed by atoms with E-state index in [0.29, 0.717) is 12.8 Å². The monoisotopic (exact) mass is 570 g/mol. The Bertz CT molecular complexity index is 639. The van der Waals surface area contributed by atoms with Gasteiger partial charge in [0.15, 0.2) is 0 Å². The van der Waals surface area contributed by atoms with Gasteiger partial charge in [0.2, 0.25) is 0 Å². The fourth-order valence-corrected chi connectivity index (χ4v) is 4.97. The van der Waals surface area contributed by atoms with Crippen LogP contribution in [0.1, 0.15) is 162 Å². The van der Waals surface area contributed by atoms with E-state index >= 15 is 0 Å². The fraction of sp³-hybridized carbons (Fsp3) is 0.900. The number of aliphatic hydroxyl groups excluding tert-OH is 1. The average Bonchev–Trinajstić information content (AvgIpc) is 2.86. The van der Waals surface area contributed by atoms with Crippen LogP contribution in [0.2, 0.25) is 0 Å². The number of hydrogen-bond acceptors (Lipinski definition) is 6. The van der Waals surface area contributed by atoms with Crippen molar-refractivity contribution in [3.05, 3.63) is 12.2 Å². The number of hydrogen-bond donors (Lipinski definition) is 1. The molecule has 8 heteroatoms. The maximum absolute atomic E-state index is 11.8. The second-order valence-electron chi connectivity index (χ2n) is 10.4. The third kappa shape index (κ3) is 30.6. The average molecular weight is 571 g/mol. The van der Waals surface area contributed by atoms with Crippen LogP contribution in [0.25, 0.3) is 0 Å². The zero-order valence-corrected chi connectivity index (χ0v) is 24.9. The first-order chi connectivity index (χ1) is 17.9. The topological polar surface area (TPSA) is 89.9 Å². The van der Waals surface area contributed by atoms with Gasteiger partial charge in [-0.15, -0.1) is 0 Å². The SMILES string of the molecule is CCCCCCCCCCCCOS(=O)(=O)OC(=O)CCCCCCC/C=C\C[C@H](O)CCCCCC.[NaH]. The van der Waals surface area contributed by atoms with Crippen LogP contribution in [0.5, 0.6) is 0 Å². The van der Waals surface area contributed by atoms with Crippen molar-refractivity contribution in [1.82, 2.24) is 0 Å². The molecule has 0 radical (unpaired) electrons. The summed E-state index contributed by atoms with van der Waals surface area (Å²) >= 11 is 0. The number of carbonyl (C=O) groups is 1. The first-order valence-electron chi connectivity index (χ1n) is 15.4. The van der Waals surface area contributed by atoms with Crippen molar-refractivity contribution in [1.29, 1.82) is 0 Å². The number of carbonyl (C=O) groups excluding carboxylic acids is 1. The minimum absolute atomic E-state index is 0. The second kappa shape index (κ2) is 30.0. The molecule has 0 aromatic carbocycles. The molecule has 0 aromatic heterocycles. The van der Waals surface area contributed by atoms with Gasteiger partial charge in [0, 0.05) is 6.42 Å². The summed E-state index contributed by atoms with van der Waals surface area (Å²) in [6.07, 6.45) is 27.7. The van der Waals surface area contributed by atoms with Crippen LogP contribution in [0.3, 0.4) is 0 Å². The van der Waals surface area contributed by atoms with Crippen LogP contribution in [-0.2, 0) is 23.6 Å². The Hall–Kier alpha value is 0.0800. The molecule has 0 saturated carbocycles. The maximum atomic E-state index is 11.8. The summed E-state index contributed by atoms with van der Waals surface area (Å²) in [6.45, 7) is 4.48. The van der Waals surface area contributed by atoms with E-state index in [-0.39, 0.29) is 48.7 Å². The van der Waals surface area contributed by atoms with Gasteiger partial charge in [-0.3, -0.25) is 4.79 Å². The van der Waals surface area contributed by atoms with E-state index < -0.39 is 16.4 Å². The molecule has 0 bridgehead atoms. The summed E-state index contributed by atoms with van der Waals surface area (Å²) in [5.41, 5.74) is 0. The summed E-state index contributed by atoms with van der Waals surface area (Å²) in [6, 6.07) is 0. The van der Waals surface area contributed by atoms with Gasteiger partial charge in [-0.05, 0) is 38.5 Å². The van der Waals surface area contributed by atoms with Crippen molar-refractivity contribution in [2.75, 3.05) is 6.61 Å². The van der Waals surface area contributed by atoms with E-state index in [1.807, 2.05) is 0 Å². The number of allylic oxidation sites excluding steroid dienone is 1. The van der Waals surface area contributed by atoms with Gasteiger partial charge in [-0.1, -0.05) is 129 Å². The van der Waals surface area contributed by atoms with Gasteiger partial charge < -0.3 is 9.29 Å². The fourth-order valence-electron chi connectivity index (χ4n) is 4.29. The predicted molar refractivity (Wildman–Crippen MR) is 161 cm³/mol. The van der Waals surface area contributed by atoms with Crippen molar-refractivity contribution in [2.24, 2.45) is 0 Å². The zero-order chi connectivity index (χ0) is 27.5. The van der Waals surface area contributed by atoms with Crippen LogP contribution in [-0.4, -0.2) is 61.8 Å². The van der Waals surface area contributed by atoms with E-state index in [1.165, 1.54) is 64.2 Å². The van der Waals surface area contributed by atoms with Crippen LogP contribution in [0.15, 0.2) is 12.2 Å². The molecule has 6 nitrogen and oxygen atoms in total. The van der Waals surface area contributed by atoms with E-state index in [2.05, 4.69) is 30.2 Å². The van der Waals surface area contributed by atoms with Crippen molar-refractivity contribution in [3.8, 4) is 0 Å². The Morgan fingerprint density at radius 2 is 1.21 bits per heavy atom. The first kappa shape index (κ1) is 40.2. The Balaban J connectivity index is 0. The summed E-state index contributed by atoms with van der Waals surface area (Å²) in [7, 11) is -4.24. The molecule has 0 saturated heterocycles. The molecular formula is C30H59NaO6S. The molecule has 0 heterocycles. The van der Waals surface area contributed by atoms with E-state index in [1.54, 1.807) is 0 Å². The summed E-state index contributed by atoms with van der Waals surface area (Å²) in [5, 5.41) is 9.95. The molecule has 0 aliphatic rings. The van der Waals surface area contributed by atoms with Crippen molar-refractivity contribution in [2.45, 2.75) is 168 Å². The van der Waals surface area contributed by atoms with Crippen LogP contribution in [0.4, 0.5) is 0 Å². The standard InChI is InChI=1S/C30H58O6S.Na.H/c1-3-5-7-9-10-11-14-17-20-24-28-35-37(33,34)36-30(32)27-23-19-16-13-12-15-18-22-26-29(31)25-21-8-6-4-2;;/h18,22,29,31H,3-17,19-21,23-28H2,1-2H3;;/b22-18-;;/t29-;;/m1../s1. The van der Waals surface area contributed by atoms with E-state index in [9.17, 15) is 18.3 Å². The number of unbranched alkanes of at least 4 members (excludes halogenated alkanes) is 17. The molecule has 0 rings (SSSR count). The molecule has 0 fully saturated rings. The van der Waals surface area contributed by atoms with Crippen molar-refractivity contribution < 1.29 is 26.7 Å². The third-order valence-electron chi connectivity index (χ3n) is 6.64. The van der Waals surface area contributed by atoms with Gasteiger partial charge in [-0.2, -0.15) is 8.42 Å². The normalized spacial score (nSPS) is 12.5. The van der Waals surface area contributed by atoms with E-state index in [4.69, 9.17) is 4.18 Å². The molecule has 0 aliphatic carbocycles. The number of aliphatic hydroxyl groups is 1. The Morgan fingerprint density at radius 1 is 0.711 bits per heavy atom. The van der Waals surface area contributed by atoms with Crippen molar-refractivity contribution in [3.63, 3.8) is 0 Å². The predicted octanol–water partition coefficient (Wildman–Crippen LogP) is 8.07. The molecule has 222 valence electrons. The van der Waals surface area contributed by atoms with Gasteiger partial charge in [0.1, 0.15) is 0 Å². The van der Waals surface area contributed by atoms with Gasteiger partial charge in [-0.25, -0.2) is 4.18 Å². The molecule has 0 unspecified atom stereocenters. The minimum atomic E-state index is -4.24. The Morgan fingerprint density at radius 3 is 1.82 bits per heavy atom. The van der Waals surface area contributed by atoms with Crippen LogP contribution >= 0.6 is 0 Å². The van der Waals surface area contributed by atoms with Gasteiger partial charge in [0.25, 0.3) is 0 Å². The summed E-state index contributed by atoms with van der Waals surface area (Å²) in [4.78, 5) is 11.8.